The average molecular weight is 287 g/mol. The fourth-order valence-corrected chi connectivity index (χ4v) is 1.56. The lowest BCUT2D eigenvalue weighted by atomic mass is 10.2. The fraction of sp³-hybridized carbons (Fsp3) is 0. The molecule has 0 aliphatic rings. The van der Waals surface area contributed by atoms with E-state index < -0.39 is 23.4 Å². The standard InChI is InChI=1S/C12H6ClF3N2O/c13-8-1-2-17-5-7(8)12(19)18-6-3-9(14)11(16)10(15)4-6/h1-5H,(H,18,19). The van der Waals surface area contributed by atoms with E-state index in [-0.39, 0.29) is 16.3 Å². The van der Waals surface area contributed by atoms with Crippen molar-refractivity contribution in [1.82, 2.24) is 4.98 Å². The second-order valence-electron chi connectivity index (χ2n) is 3.56. The van der Waals surface area contributed by atoms with Crippen LogP contribution in [0.25, 0.3) is 0 Å². The van der Waals surface area contributed by atoms with E-state index in [1.54, 1.807) is 0 Å². The van der Waals surface area contributed by atoms with E-state index in [0.717, 1.165) is 0 Å². The van der Waals surface area contributed by atoms with Gasteiger partial charge in [-0.15, -0.1) is 0 Å². The Kier molecular flexibility index (Phi) is 3.71. The third-order valence-corrected chi connectivity index (χ3v) is 2.58. The molecule has 0 saturated heterocycles. The van der Waals surface area contributed by atoms with Crippen LogP contribution in [-0.2, 0) is 0 Å². The molecule has 19 heavy (non-hydrogen) atoms. The minimum Gasteiger partial charge on any atom is -0.322 e. The predicted octanol–water partition coefficient (Wildman–Crippen LogP) is 3.40. The molecule has 0 aliphatic carbocycles. The van der Waals surface area contributed by atoms with Crippen molar-refractivity contribution >= 4 is 23.2 Å². The molecule has 0 saturated carbocycles. The highest BCUT2D eigenvalue weighted by Gasteiger charge is 2.14. The highest BCUT2D eigenvalue weighted by molar-refractivity contribution is 6.34. The van der Waals surface area contributed by atoms with E-state index in [9.17, 15) is 18.0 Å². The number of amides is 1. The molecule has 1 aromatic carbocycles. The number of nitrogens with zero attached hydrogens (tertiary/aromatic N) is 1. The van der Waals surface area contributed by atoms with Crippen LogP contribution in [0.5, 0.6) is 0 Å². The lowest BCUT2D eigenvalue weighted by Crippen LogP contribution is -2.13. The van der Waals surface area contributed by atoms with Crippen LogP contribution in [0.2, 0.25) is 5.02 Å². The molecule has 0 radical (unpaired) electrons. The maximum absolute atomic E-state index is 13.0. The smallest absolute Gasteiger partial charge is 0.258 e. The minimum atomic E-state index is -1.60. The minimum absolute atomic E-state index is 0.0364. The van der Waals surface area contributed by atoms with Crippen molar-refractivity contribution < 1.29 is 18.0 Å². The predicted molar refractivity (Wildman–Crippen MR) is 63.5 cm³/mol. The van der Waals surface area contributed by atoms with E-state index in [0.29, 0.717) is 12.1 Å². The zero-order chi connectivity index (χ0) is 14.0. The molecule has 0 fully saturated rings. The van der Waals surface area contributed by atoms with Gasteiger partial charge in [0.2, 0.25) is 0 Å². The summed E-state index contributed by atoms with van der Waals surface area (Å²) in [6, 6.07) is 2.73. The van der Waals surface area contributed by atoms with Crippen LogP contribution in [0.15, 0.2) is 30.6 Å². The normalized spacial score (nSPS) is 10.3. The number of benzene rings is 1. The summed E-state index contributed by atoms with van der Waals surface area (Å²) < 4.78 is 38.7. The summed E-state index contributed by atoms with van der Waals surface area (Å²) in [5.74, 6) is -5.10. The number of hydrogen-bond acceptors (Lipinski definition) is 2. The zero-order valence-electron chi connectivity index (χ0n) is 9.25. The monoisotopic (exact) mass is 286 g/mol. The molecule has 0 spiro atoms. The number of carbonyl (C=O) groups is 1. The van der Waals surface area contributed by atoms with Gasteiger partial charge in [-0.2, -0.15) is 0 Å². The Morgan fingerprint density at radius 1 is 1.21 bits per heavy atom. The Bertz CT molecular complexity index is 626. The van der Waals surface area contributed by atoms with Gasteiger partial charge in [-0.3, -0.25) is 9.78 Å². The Morgan fingerprint density at radius 2 is 1.84 bits per heavy atom. The van der Waals surface area contributed by atoms with Crippen LogP contribution in [0, 0.1) is 17.5 Å². The van der Waals surface area contributed by atoms with Gasteiger partial charge in [-0.25, -0.2) is 13.2 Å². The first-order valence-electron chi connectivity index (χ1n) is 5.04. The van der Waals surface area contributed by atoms with Crippen LogP contribution in [0.1, 0.15) is 10.4 Å². The largest absolute Gasteiger partial charge is 0.322 e. The lowest BCUT2D eigenvalue weighted by Gasteiger charge is -2.07. The van der Waals surface area contributed by atoms with Crippen LogP contribution in [-0.4, -0.2) is 10.9 Å². The fourth-order valence-electron chi connectivity index (χ4n) is 1.37. The van der Waals surface area contributed by atoms with E-state index in [1.165, 1.54) is 18.5 Å². The number of hydrogen-bond donors (Lipinski definition) is 1. The molecule has 98 valence electrons. The van der Waals surface area contributed by atoms with Gasteiger partial charge in [-0.1, -0.05) is 11.6 Å². The molecule has 0 bridgehead atoms. The van der Waals surface area contributed by atoms with Crippen molar-refractivity contribution in [3.8, 4) is 0 Å². The molecular formula is C12H6ClF3N2O. The summed E-state index contributed by atoms with van der Waals surface area (Å²) in [7, 11) is 0. The van der Waals surface area contributed by atoms with Crippen molar-refractivity contribution in [3.05, 3.63) is 58.6 Å². The quantitative estimate of drug-likeness (QED) is 0.860. The summed E-state index contributed by atoms with van der Waals surface area (Å²) in [5, 5.41) is 2.33. The van der Waals surface area contributed by atoms with Crippen molar-refractivity contribution in [2.45, 2.75) is 0 Å². The van der Waals surface area contributed by atoms with Gasteiger partial charge < -0.3 is 5.32 Å². The third kappa shape index (κ3) is 2.85. The topological polar surface area (TPSA) is 42.0 Å². The van der Waals surface area contributed by atoms with Gasteiger partial charge in [0, 0.05) is 30.2 Å². The Balaban J connectivity index is 2.27. The summed E-state index contributed by atoms with van der Waals surface area (Å²) in [6.07, 6.45) is 2.59. The number of halogens is 4. The van der Waals surface area contributed by atoms with Gasteiger partial charge in [0.25, 0.3) is 5.91 Å². The van der Waals surface area contributed by atoms with Crippen LogP contribution in [0.3, 0.4) is 0 Å². The Morgan fingerprint density at radius 3 is 2.42 bits per heavy atom. The first kappa shape index (κ1) is 13.4. The summed E-state index contributed by atoms with van der Waals surface area (Å²) >= 11 is 5.76. The second kappa shape index (κ2) is 5.27. The molecule has 0 atom stereocenters. The molecule has 0 unspecified atom stereocenters. The van der Waals surface area contributed by atoms with Gasteiger partial charge in [0.15, 0.2) is 17.5 Å². The van der Waals surface area contributed by atoms with Crippen molar-refractivity contribution in [2.75, 3.05) is 5.32 Å². The number of aromatic nitrogens is 1. The van der Waals surface area contributed by atoms with Crippen LogP contribution in [0.4, 0.5) is 18.9 Å². The number of pyridine rings is 1. The number of nitrogens with one attached hydrogen (secondary N) is 1. The van der Waals surface area contributed by atoms with Crippen molar-refractivity contribution in [3.63, 3.8) is 0 Å². The second-order valence-corrected chi connectivity index (χ2v) is 3.97. The van der Waals surface area contributed by atoms with Gasteiger partial charge in [-0.05, 0) is 6.07 Å². The highest BCUT2D eigenvalue weighted by atomic mass is 35.5. The first-order valence-corrected chi connectivity index (χ1v) is 5.42. The molecule has 0 aliphatic heterocycles. The Labute approximate surface area is 111 Å². The molecule has 7 heteroatoms. The van der Waals surface area contributed by atoms with Crippen molar-refractivity contribution in [2.24, 2.45) is 0 Å². The van der Waals surface area contributed by atoms with Crippen LogP contribution < -0.4 is 5.32 Å². The SMILES string of the molecule is O=C(Nc1cc(F)c(F)c(F)c1)c1cnccc1Cl. The van der Waals surface area contributed by atoms with E-state index >= 15 is 0 Å². The Hall–Kier alpha value is -2.08. The summed E-state index contributed by atoms with van der Waals surface area (Å²) in [5.41, 5.74) is -0.185. The van der Waals surface area contributed by atoms with E-state index in [2.05, 4.69) is 10.3 Å². The molecule has 2 aromatic rings. The number of anilines is 1. The van der Waals surface area contributed by atoms with E-state index in [4.69, 9.17) is 11.6 Å². The first-order chi connectivity index (χ1) is 8.99. The third-order valence-electron chi connectivity index (χ3n) is 2.25. The van der Waals surface area contributed by atoms with Gasteiger partial charge in [0.05, 0.1) is 10.6 Å². The summed E-state index contributed by atoms with van der Waals surface area (Å²) in [4.78, 5) is 15.5. The molecule has 1 N–H and O–H groups in total. The molecule has 1 amide bonds. The lowest BCUT2D eigenvalue weighted by molar-refractivity contribution is 0.102. The maximum atomic E-state index is 13.0. The summed E-state index contributed by atoms with van der Waals surface area (Å²) in [6.45, 7) is 0. The van der Waals surface area contributed by atoms with Gasteiger partial charge in [0.1, 0.15) is 0 Å². The number of carbonyl (C=O) groups excluding carboxylic acids is 1. The number of rotatable bonds is 2. The van der Waals surface area contributed by atoms with Crippen LogP contribution >= 0.6 is 11.6 Å². The zero-order valence-corrected chi connectivity index (χ0v) is 10.0. The maximum Gasteiger partial charge on any atom is 0.258 e. The average Bonchev–Trinajstić information content (AvgIpc) is 2.36. The van der Waals surface area contributed by atoms with E-state index in [1.807, 2.05) is 0 Å². The molecule has 3 nitrogen and oxygen atoms in total. The van der Waals surface area contributed by atoms with Gasteiger partial charge >= 0.3 is 0 Å². The molecule has 1 heterocycles. The highest BCUT2D eigenvalue weighted by Crippen LogP contribution is 2.19. The molecular weight excluding hydrogens is 281 g/mol. The van der Waals surface area contributed by atoms with Crippen molar-refractivity contribution in [1.29, 1.82) is 0 Å². The molecule has 1 aromatic heterocycles. The molecule has 2 rings (SSSR count).